The zero-order valence-corrected chi connectivity index (χ0v) is 8.18. The van der Waals surface area contributed by atoms with Gasteiger partial charge in [-0.3, -0.25) is 0 Å². The van der Waals surface area contributed by atoms with Crippen molar-refractivity contribution in [2.45, 2.75) is 0 Å². The van der Waals surface area contributed by atoms with Gasteiger partial charge in [-0.1, -0.05) is 6.07 Å². The predicted molar refractivity (Wildman–Crippen MR) is 53.6 cm³/mol. The number of anilines is 1. The number of pyridine rings is 1. The molecule has 2 rings (SSSR count). The van der Waals surface area contributed by atoms with E-state index in [1.165, 1.54) is 0 Å². The molecule has 0 amide bonds. The summed E-state index contributed by atoms with van der Waals surface area (Å²) in [5.74, 6) is 1.96. The van der Waals surface area contributed by atoms with Crippen molar-refractivity contribution in [2.24, 2.45) is 5.92 Å². The number of aromatic nitrogens is 1. The van der Waals surface area contributed by atoms with Crippen LogP contribution in [-0.2, 0) is 0 Å². The molecule has 4 heteroatoms. The summed E-state index contributed by atoms with van der Waals surface area (Å²) in [7, 11) is 1.61. The van der Waals surface area contributed by atoms with E-state index in [1.54, 1.807) is 7.11 Å². The summed E-state index contributed by atoms with van der Waals surface area (Å²) >= 11 is 0. The number of methoxy groups -OCH3 is 1. The van der Waals surface area contributed by atoms with Gasteiger partial charge in [-0.25, -0.2) is 0 Å². The molecule has 1 aromatic rings. The molecule has 0 atom stereocenters. The standard InChI is InChI=1S/C10H14N2O2/c1-14-10-4-2-3-9(11-10)12-5-8(6-12)7-13/h2-4,8,13H,5-7H2,1H3. The first-order valence-electron chi connectivity index (χ1n) is 4.70. The highest BCUT2D eigenvalue weighted by Crippen LogP contribution is 2.23. The van der Waals surface area contributed by atoms with Crippen LogP contribution in [-0.4, -0.2) is 36.9 Å². The van der Waals surface area contributed by atoms with Crippen molar-refractivity contribution in [3.05, 3.63) is 18.2 Å². The summed E-state index contributed by atoms with van der Waals surface area (Å²) in [4.78, 5) is 6.43. The van der Waals surface area contributed by atoms with Crippen LogP contribution in [0.5, 0.6) is 5.88 Å². The molecular formula is C10H14N2O2. The Bertz CT molecular complexity index is 311. The molecular weight excluding hydrogens is 180 g/mol. The molecule has 0 unspecified atom stereocenters. The van der Waals surface area contributed by atoms with Crippen molar-refractivity contribution in [2.75, 3.05) is 31.7 Å². The molecule has 2 heterocycles. The SMILES string of the molecule is COc1cccc(N2CC(CO)C2)n1. The third-order valence-electron chi connectivity index (χ3n) is 2.46. The molecule has 76 valence electrons. The monoisotopic (exact) mass is 194 g/mol. The van der Waals surface area contributed by atoms with Gasteiger partial charge in [0.15, 0.2) is 0 Å². The number of nitrogens with zero attached hydrogens (tertiary/aromatic N) is 2. The molecule has 1 N–H and O–H groups in total. The lowest BCUT2D eigenvalue weighted by Gasteiger charge is -2.39. The molecule has 0 bridgehead atoms. The van der Waals surface area contributed by atoms with Crippen molar-refractivity contribution < 1.29 is 9.84 Å². The van der Waals surface area contributed by atoms with Crippen molar-refractivity contribution in [1.82, 2.24) is 4.98 Å². The fourth-order valence-corrected chi connectivity index (χ4v) is 1.57. The molecule has 1 fully saturated rings. The third-order valence-corrected chi connectivity index (χ3v) is 2.46. The Morgan fingerprint density at radius 1 is 1.57 bits per heavy atom. The van der Waals surface area contributed by atoms with E-state index in [9.17, 15) is 0 Å². The van der Waals surface area contributed by atoms with E-state index in [0.29, 0.717) is 11.8 Å². The van der Waals surface area contributed by atoms with Gasteiger partial charge in [0.2, 0.25) is 5.88 Å². The van der Waals surface area contributed by atoms with E-state index < -0.39 is 0 Å². The highest BCUT2D eigenvalue weighted by Gasteiger charge is 2.26. The third kappa shape index (κ3) is 1.65. The van der Waals surface area contributed by atoms with Crippen molar-refractivity contribution >= 4 is 5.82 Å². The number of rotatable bonds is 3. The Morgan fingerprint density at radius 3 is 3.00 bits per heavy atom. The lowest BCUT2D eigenvalue weighted by molar-refractivity contribution is 0.200. The van der Waals surface area contributed by atoms with Crippen LogP contribution < -0.4 is 9.64 Å². The fourth-order valence-electron chi connectivity index (χ4n) is 1.57. The Kier molecular flexibility index (Phi) is 2.54. The zero-order valence-electron chi connectivity index (χ0n) is 8.18. The van der Waals surface area contributed by atoms with Gasteiger partial charge < -0.3 is 14.7 Å². The Labute approximate surface area is 83.1 Å². The first kappa shape index (κ1) is 9.27. The number of hydrogen-bond acceptors (Lipinski definition) is 4. The van der Waals surface area contributed by atoms with Gasteiger partial charge >= 0.3 is 0 Å². The first-order valence-corrected chi connectivity index (χ1v) is 4.70. The fraction of sp³-hybridized carbons (Fsp3) is 0.500. The van der Waals surface area contributed by atoms with Crippen LogP contribution in [0.3, 0.4) is 0 Å². The van der Waals surface area contributed by atoms with Gasteiger partial charge in [-0.15, -0.1) is 0 Å². The average molecular weight is 194 g/mol. The quantitative estimate of drug-likeness (QED) is 0.762. The molecule has 1 aromatic heterocycles. The largest absolute Gasteiger partial charge is 0.481 e. The van der Waals surface area contributed by atoms with E-state index in [4.69, 9.17) is 9.84 Å². The molecule has 0 aromatic carbocycles. The van der Waals surface area contributed by atoms with Crippen LogP contribution in [0, 0.1) is 5.92 Å². The molecule has 0 saturated carbocycles. The maximum absolute atomic E-state index is 8.88. The second-order valence-electron chi connectivity index (χ2n) is 3.49. The van der Waals surface area contributed by atoms with Crippen molar-refractivity contribution in [1.29, 1.82) is 0 Å². The molecule has 14 heavy (non-hydrogen) atoms. The molecule has 1 aliphatic heterocycles. The number of aliphatic hydroxyl groups excluding tert-OH is 1. The highest BCUT2D eigenvalue weighted by molar-refractivity contribution is 5.43. The van der Waals surface area contributed by atoms with Crippen LogP contribution in [0.1, 0.15) is 0 Å². The van der Waals surface area contributed by atoms with Gasteiger partial charge in [0.1, 0.15) is 5.82 Å². The minimum Gasteiger partial charge on any atom is -0.481 e. The molecule has 0 spiro atoms. The van der Waals surface area contributed by atoms with E-state index >= 15 is 0 Å². The van der Waals surface area contributed by atoms with Crippen LogP contribution in [0.25, 0.3) is 0 Å². The van der Waals surface area contributed by atoms with Crippen LogP contribution in [0.15, 0.2) is 18.2 Å². The van der Waals surface area contributed by atoms with Crippen LogP contribution >= 0.6 is 0 Å². The predicted octanol–water partition coefficient (Wildman–Crippen LogP) is 0.519. The van der Waals surface area contributed by atoms with Crippen LogP contribution in [0.2, 0.25) is 0 Å². The van der Waals surface area contributed by atoms with E-state index in [2.05, 4.69) is 9.88 Å². The smallest absolute Gasteiger partial charge is 0.214 e. The molecule has 1 saturated heterocycles. The molecule has 0 radical (unpaired) electrons. The van der Waals surface area contributed by atoms with E-state index in [-0.39, 0.29) is 6.61 Å². The Morgan fingerprint density at radius 2 is 2.36 bits per heavy atom. The van der Waals surface area contributed by atoms with Gasteiger partial charge in [0, 0.05) is 31.7 Å². The highest BCUT2D eigenvalue weighted by atomic mass is 16.5. The average Bonchev–Trinajstić information content (AvgIpc) is 2.17. The maximum Gasteiger partial charge on any atom is 0.214 e. The van der Waals surface area contributed by atoms with Gasteiger partial charge in [-0.2, -0.15) is 4.98 Å². The Balaban J connectivity index is 2.03. The summed E-state index contributed by atoms with van der Waals surface area (Å²) in [6, 6.07) is 5.70. The van der Waals surface area contributed by atoms with Crippen molar-refractivity contribution in [3.8, 4) is 5.88 Å². The maximum atomic E-state index is 8.88. The summed E-state index contributed by atoms with van der Waals surface area (Å²) in [6.45, 7) is 2.04. The van der Waals surface area contributed by atoms with E-state index in [0.717, 1.165) is 18.9 Å². The second kappa shape index (κ2) is 3.84. The minimum absolute atomic E-state index is 0.264. The zero-order chi connectivity index (χ0) is 9.97. The summed E-state index contributed by atoms with van der Waals surface area (Å²) < 4.78 is 5.04. The van der Waals surface area contributed by atoms with Gasteiger partial charge in [0.25, 0.3) is 0 Å². The topological polar surface area (TPSA) is 45.6 Å². The minimum atomic E-state index is 0.264. The van der Waals surface area contributed by atoms with Gasteiger partial charge in [0.05, 0.1) is 7.11 Å². The van der Waals surface area contributed by atoms with Crippen LogP contribution in [0.4, 0.5) is 5.82 Å². The number of ether oxygens (including phenoxy) is 1. The lowest BCUT2D eigenvalue weighted by Crippen LogP contribution is -2.48. The number of aliphatic hydroxyl groups is 1. The van der Waals surface area contributed by atoms with Crippen molar-refractivity contribution in [3.63, 3.8) is 0 Å². The first-order chi connectivity index (χ1) is 6.83. The van der Waals surface area contributed by atoms with Gasteiger partial charge in [-0.05, 0) is 6.07 Å². The molecule has 4 nitrogen and oxygen atoms in total. The summed E-state index contributed by atoms with van der Waals surface area (Å²) in [5, 5.41) is 8.88. The summed E-state index contributed by atoms with van der Waals surface area (Å²) in [5.41, 5.74) is 0. The number of hydrogen-bond donors (Lipinski definition) is 1. The Hall–Kier alpha value is -1.29. The molecule has 1 aliphatic rings. The summed E-state index contributed by atoms with van der Waals surface area (Å²) in [6.07, 6.45) is 0. The lowest BCUT2D eigenvalue weighted by atomic mass is 10.0. The normalized spacial score (nSPS) is 16.6. The second-order valence-corrected chi connectivity index (χ2v) is 3.49. The van der Waals surface area contributed by atoms with E-state index in [1.807, 2.05) is 18.2 Å². The molecule has 0 aliphatic carbocycles.